The fourth-order valence-electron chi connectivity index (χ4n) is 2.40. The second-order valence-electron chi connectivity index (χ2n) is 5.13. The Balaban J connectivity index is 1.59. The quantitative estimate of drug-likeness (QED) is 0.764. The standard InChI is InChI=1S/C19H16ClNO2/c20-17-10-3-4-11-18(17)23-13-19(22)21-12-15-8-5-7-14-6-1-2-9-16(14)15/h1-11H,12-13H2,(H,21,22). The number of nitrogens with one attached hydrogen (secondary N) is 1. The number of halogens is 1. The van der Waals surface area contributed by atoms with Crippen molar-refractivity contribution in [3.8, 4) is 5.75 Å². The average Bonchev–Trinajstić information content (AvgIpc) is 2.59. The van der Waals surface area contributed by atoms with E-state index < -0.39 is 0 Å². The number of benzene rings is 3. The number of para-hydroxylation sites is 1. The predicted octanol–water partition coefficient (Wildman–Crippen LogP) is 4.19. The van der Waals surface area contributed by atoms with Gasteiger partial charge >= 0.3 is 0 Å². The van der Waals surface area contributed by atoms with E-state index in [-0.39, 0.29) is 12.5 Å². The molecule has 0 radical (unpaired) electrons. The zero-order chi connectivity index (χ0) is 16.1. The first-order valence-corrected chi connectivity index (χ1v) is 7.72. The van der Waals surface area contributed by atoms with Gasteiger partial charge in [-0.3, -0.25) is 4.79 Å². The van der Waals surface area contributed by atoms with Gasteiger partial charge < -0.3 is 10.1 Å². The van der Waals surface area contributed by atoms with E-state index in [4.69, 9.17) is 16.3 Å². The molecule has 0 saturated carbocycles. The van der Waals surface area contributed by atoms with E-state index in [1.54, 1.807) is 12.1 Å². The van der Waals surface area contributed by atoms with Crippen LogP contribution in [0.2, 0.25) is 5.02 Å². The maximum absolute atomic E-state index is 12.0. The van der Waals surface area contributed by atoms with Crippen molar-refractivity contribution < 1.29 is 9.53 Å². The fraction of sp³-hybridized carbons (Fsp3) is 0.105. The summed E-state index contributed by atoms with van der Waals surface area (Å²) in [5.41, 5.74) is 1.08. The van der Waals surface area contributed by atoms with Crippen LogP contribution in [0.25, 0.3) is 10.8 Å². The van der Waals surface area contributed by atoms with Gasteiger partial charge in [0.25, 0.3) is 5.91 Å². The second-order valence-corrected chi connectivity index (χ2v) is 5.54. The van der Waals surface area contributed by atoms with Gasteiger partial charge in [-0.05, 0) is 28.5 Å². The van der Waals surface area contributed by atoms with Crippen molar-refractivity contribution in [2.24, 2.45) is 0 Å². The monoisotopic (exact) mass is 325 g/mol. The van der Waals surface area contributed by atoms with Crippen molar-refractivity contribution in [1.29, 1.82) is 0 Å². The first-order chi connectivity index (χ1) is 11.2. The zero-order valence-corrected chi connectivity index (χ0v) is 13.2. The molecule has 3 nitrogen and oxygen atoms in total. The SMILES string of the molecule is O=C(COc1ccccc1Cl)NCc1cccc2ccccc12. The molecule has 1 N–H and O–H groups in total. The molecule has 0 aliphatic carbocycles. The third-order valence-electron chi connectivity index (χ3n) is 3.55. The van der Waals surface area contributed by atoms with Crippen molar-refractivity contribution in [3.63, 3.8) is 0 Å². The van der Waals surface area contributed by atoms with E-state index >= 15 is 0 Å². The number of fused-ring (bicyclic) bond motifs is 1. The number of carbonyl (C=O) groups excluding carboxylic acids is 1. The first-order valence-electron chi connectivity index (χ1n) is 7.35. The summed E-state index contributed by atoms with van der Waals surface area (Å²) in [6, 6.07) is 21.3. The molecular weight excluding hydrogens is 310 g/mol. The van der Waals surface area contributed by atoms with Crippen molar-refractivity contribution in [3.05, 3.63) is 77.3 Å². The van der Waals surface area contributed by atoms with Crippen LogP contribution in [0, 0.1) is 0 Å². The van der Waals surface area contributed by atoms with Gasteiger partial charge in [-0.25, -0.2) is 0 Å². The van der Waals surface area contributed by atoms with Gasteiger partial charge in [0, 0.05) is 6.54 Å². The number of carbonyl (C=O) groups is 1. The van der Waals surface area contributed by atoms with Gasteiger partial charge in [0.05, 0.1) is 5.02 Å². The lowest BCUT2D eigenvalue weighted by molar-refractivity contribution is -0.123. The summed E-state index contributed by atoms with van der Waals surface area (Å²) in [5.74, 6) is 0.326. The highest BCUT2D eigenvalue weighted by Crippen LogP contribution is 2.23. The molecule has 3 rings (SSSR count). The Kier molecular flexibility index (Phi) is 4.79. The average molecular weight is 326 g/mol. The highest BCUT2D eigenvalue weighted by Gasteiger charge is 2.06. The normalized spacial score (nSPS) is 10.5. The topological polar surface area (TPSA) is 38.3 Å². The van der Waals surface area contributed by atoms with Crippen LogP contribution in [-0.2, 0) is 11.3 Å². The molecule has 0 saturated heterocycles. The molecule has 0 spiro atoms. The molecule has 0 aliphatic rings. The Hall–Kier alpha value is -2.52. The molecule has 0 unspecified atom stereocenters. The lowest BCUT2D eigenvalue weighted by Crippen LogP contribution is -2.28. The van der Waals surface area contributed by atoms with Crippen molar-refractivity contribution in [1.82, 2.24) is 5.32 Å². The Bertz CT molecular complexity index is 827. The minimum atomic E-state index is -0.183. The highest BCUT2D eigenvalue weighted by molar-refractivity contribution is 6.32. The number of hydrogen-bond donors (Lipinski definition) is 1. The van der Waals surface area contributed by atoms with Crippen LogP contribution in [-0.4, -0.2) is 12.5 Å². The summed E-state index contributed by atoms with van der Waals surface area (Å²) in [7, 11) is 0. The van der Waals surface area contributed by atoms with Crippen LogP contribution in [0.4, 0.5) is 0 Å². The van der Waals surface area contributed by atoms with Crippen molar-refractivity contribution in [2.75, 3.05) is 6.61 Å². The number of ether oxygens (including phenoxy) is 1. The van der Waals surface area contributed by atoms with E-state index in [1.165, 1.54) is 0 Å². The minimum absolute atomic E-state index is 0.0610. The molecule has 0 fully saturated rings. The van der Waals surface area contributed by atoms with Gasteiger partial charge in [-0.2, -0.15) is 0 Å². The van der Waals surface area contributed by atoms with Crippen molar-refractivity contribution >= 4 is 28.3 Å². The number of hydrogen-bond acceptors (Lipinski definition) is 2. The summed E-state index contributed by atoms with van der Waals surface area (Å²) >= 11 is 5.99. The minimum Gasteiger partial charge on any atom is -0.482 e. The van der Waals surface area contributed by atoms with E-state index in [1.807, 2.05) is 36.4 Å². The van der Waals surface area contributed by atoms with Gasteiger partial charge in [-0.15, -0.1) is 0 Å². The van der Waals surface area contributed by atoms with Crippen LogP contribution < -0.4 is 10.1 Å². The van der Waals surface area contributed by atoms with E-state index in [9.17, 15) is 4.79 Å². The van der Waals surface area contributed by atoms with E-state index in [0.29, 0.717) is 17.3 Å². The Labute approximate surface area is 139 Å². The third-order valence-corrected chi connectivity index (χ3v) is 3.86. The van der Waals surface area contributed by atoms with Gasteiger partial charge in [0.15, 0.2) is 6.61 Å². The molecule has 1 amide bonds. The smallest absolute Gasteiger partial charge is 0.258 e. The van der Waals surface area contributed by atoms with Gasteiger partial charge in [-0.1, -0.05) is 66.2 Å². The number of amides is 1. The largest absolute Gasteiger partial charge is 0.482 e. The molecule has 0 bridgehead atoms. The van der Waals surface area contributed by atoms with Gasteiger partial charge in [0.1, 0.15) is 5.75 Å². The first kappa shape index (κ1) is 15.4. The molecule has 3 aromatic rings. The molecule has 116 valence electrons. The molecule has 0 aliphatic heterocycles. The summed E-state index contributed by atoms with van der Waals surface area (Å²) in [6.07, 6.45) is 0. The van der Waals surface area contributed by atoms with E-state index in [0.717, 1.165) is 16.3 Å². The molecule has 0 atom stereocenters. The van der Waals surface area contributed by atoms with Crippen molar-refractivity contribution in [2.45, 2.75) is 6.54 Å². The summed E-state index contributed by atoms with van der Waals surface area (Å²) in [4.78, 5) is 12.0. The van der Waals surface area contributed by atoms with Crippen LogP contribution >= 0.6 is 11.6 Å². The number of rotatable bonds is 5. The molecule has 4 heteroatoms. The van der Waals surface area contributed by atoms with Crippen LogP contribution in [0.3, 0.4) is 0 Å². The van der Waals surface area contributed by atoms with Crippen LogP contribution in [0.5, 0.6) is 5.75 Å². The lowest BCUT2D eigenvalue weighted by Gasteiger charge is -2.10. The highest BCUT2D eigenvalue weighted by atomic mass is 35.5. The Morgan fingerprint density at radius 3 is 2.57 bits per heavy atom. The van der Waals surface area contributed by atoms with E-state index in [2.05, 4.69) is 23.5 Å². The molecule has 0 aromatic heterocycles. The predicted molar refractivity (Wildman–Crippen MR) is 92.7 cm³/mol. The molecular formula is C19H16ClNO2. The fourth-order valence-corrected chi connectivity index (χ4v) is 2.59. The molecule has 0 heterocycles. The maximum atomic E-state index is 12.0. The second kappa shape index (κ2) is 7.16. The summed E-state index contributed by atoms with van der Waals surface area (Å²) in [5, 5.41) is 5.67. The maximum Gasteiger partial charge on any atom is 0.258 e. The van der Waals surface area contributed by atoms with Crippen LogP contribution in [0.1, 0.15) is 5.56 Å². The van der Waals surface area contributed by atoms with Crippen LogP contribution in [0.15, 0.2) is 66.7 Å². The Morgan fingerprint density at radius 1 is 0.957 bits per heavy atom. The molecule has 3 aromatic carbocycles. The van der Waals surface area contributed by atoms with Gasteiger partial charge in [0.2, 0.25) is 0 Å². The Morgan fingerprint density at radius 2 is 1.70 bits per heavy atom. The summed E-state index contributed by atoms with van der Waals surface area (Å²) < 4.78 is 5.43. The third kappa shape index (κ3) is 3.82. The lowest BCUT2D eigenvalue weighted by atomic mass is 10.0. The molecule has 23 heavy (non-hydrogen) atoms. The zero-order valence-electron chi connectivity index (χ0n) is 12.5. The summed E-state index contributed by atoms with van der Waals surface area (Å²) in [6.45, 7) is 0.403.